The first kappa shape index (κ1) is 17.5. The predicted molar refractivity (Wildman–Crippen MR) is 108 cm³/mol. The van der Waals surface area contributed by atoms with Gasteiger partial charge in [0.2, 0.25) is 0 Å². The maximum absolute atomic E-state index is 10.9. The van der Waals surface area contributed by atoms with Crippen molar-refractivity contribution in [2.24, 2.45) is 0 Å². The molecule has 4 rings (SSSR count). The lowest BCUT2D eigenvalue weighted by Crippen LogP contribution is -2.09. The molecule has 1 heterocycles. The molecule has 0 aliphatic heterocycles. The summed E-state index contributed by atoms with van der Waals surface area (Å²) in [6.45, 7) is 0. The minimum atomic E-state index is -0.843. The quantitative estimate of drug-likeness (QED) is 0.500. The number of hydrogen-bond acceptors (Lipinski definition) is 4. The highest BCUT2D eigenvalue weighted by Crippen LogP contribution is 2.29. The van der Waals surface area contributed by atoms with Crippen LogP contribution in [-0.2, 0) is 5.75 Å². The fourth-order valence-corrected chi connectivity index (χ4v) is 3.79. The van der Waals surface area contributed by atoms with Crippen LogP contribution in [-0.4, -0.2) is 19.9 Å². The number of rotatable bonds is 6. The molecular weight excluding hydrogens is 354 g/mol. The molecule has 0 unspecified atom stereocenters. The number of para-hydroxylation sites is 1. The van der Waals surface area contributed by atoms with Crippen LogP contribution in [0.3, 0.4) is 0 Å². The van der Waals surface area contributed by atoms with Gasteiger partial charge >= 0.3 is 0 Å². The zero-order valence-electron chi connectivity index (χ0n) is 14.6. The zero-order valence-corrected chi connectivity index (χ0v) is 15.5. The summed E-state index contributed by atoms with van der Waals surface area (Å²) in [5, 5.41) is 20.4. The van der Waals surface area contributed by atoms with E-state index in [4.69, 9.17) is 0 Å². The van der Waals surface area contributed by atoms with Gasteiger partial charge < -0.3 is 5.11 Å². The number of aliphatic hydroxyl groups is 1. The van der Waals surface area contributed by atoms with Gasteiger partial charge in [0.25, 0.3) is 0 Å². The van der Waals surface area contributed by atoms with Crippen molar-refractivity contribution in [3.8, 4) is 5.69 Å². The van der Waals surface area contributed by atoms with E-state index in [-0.39, 0.29) is 0 Å². The number of benzene rings is 3. The lowest BCUT2D eigenvalue weighted by Gasteiger charge is -2.14. The Balaban J connectivity index is 1.70. The molecule has 134 valence electrons. The average molecular weight is 373 g/mol. The molecule has 4 aromatic rings. The summed E-state index contributed by atoms with van der Waals surface area (Å²) in [7, 11) is 0. The summed E-state index contributed by atoms with van der Waals surface area (Å²) in [5.74, 6) is 1.30. The Morgan fingerprint density at radius 1 is 0.778 bits per heavy atom. The number of thioether (sulfide) groups is 1. The topological polar surface area (TPSA) is 50.9 Å². The molecule has 0 bridgehead atoms. The lowest BCUT2D eigenvalue weighted by molar-refractivity contribution is 0.207. The van der Waals surface area contributed by atoms with E-state index in [0.29, 0.717) is 5.82 Å². The van der Waals surface area contributed by atoms with Crippen LogP contribution in [0.4, 0.5) is 0 Å². The van der Waals surface area contributed by atoms with Crippen molar-refractivity contribution in [1.82, 2.24) is 14.8 Å². The second-order valence-electron chi connectivity index (χ2n) is 6.10. The van der Waals surface area contributed by atoms with Crippen LogP contribution >= 0.6 is 11.8 Å². The highest BCUT2D eigenvalue weighted by molar-refractivity contribution is 7.98. The first-order valence-electron chi connectivity index (χ1n) is 8.73. The SMILES string of the molecule is O[C@H](c1ccccc1)c1nnc(SCc2ccccc2)n1-c1ccccc1. The molecule has 0 saturated heterocycles. The van der Waals surface area contributed by atoms with Gasteiger partial charge in [-0.3, -0.25) is 4.57 Å². The van der Waals surface area contributed by atoms with Gasteiger partial charge in [0.05, 0.1) is 0 Å². The molecule has 0 spiro atoms. The van der Waals surface area contributed by atoms with Crippen LogP contribution in [0.5, 0.6) is 0 Å². The number of hydrogen-bond donors (Lipinski definition) is 1. The lowest BCUT2D eigenvalue weighted by atomic mass is 10.1. The van der Waals surface area contributed by atoms with E-state index >= 15 is 0 Å². The van der Waals surface area contributed by atoms with E-state index < -0.39 is 6.10 Å². The molecule has 4 nitrogen and oxygen atoms in total. The van der Waals surface area contributed by atoms with E-state index in [1.165, 1.54) is 5.56 Å². The van der Waals surface area contributed by atoms with E-state index in [1.807, 2.05) is 83.4 Å². The van der Waals surface area contributed by atoms with Crippen molar-refractivity contribution < 1.29 is 5.11 Å². The van der Waals surface area contributed by atoms with Crippen LogP contribution in [0.25, 0.3) is 5.69 Å². The smallest absolute Gasteiger partial charge is 0.196 e. The van der Waals surface area contributed by atoms with Gasteiger partial charge in [-0.1, -0.05) is 90.6 Å². The van der Waals surface area contributed by atoms with Crippen molar-refractivity contribution in [3.63, 3.8) is 0 Å². The fraction of sp³-hybridized carbons (Fsp3) is 0.0909. The highest BCUT2D eigenvalue weighted by Gasteiger charge is 2.22. The summed E-state index contributed by atoms with van der Waals surface area (Å²) in [6.07, 6.45) is -0.843. The Morgan fingerprint density at radius 2 is 1.37 bits per heavy atom. The summed E-state index contributed by atoms with van der Waals surface area (Å²) in [5.41, 5.74) is 2.94. The van der Waals surface area contributed by atoms with Crippen LogP contribution in [0.2, 0.25) is 0 Å². The molecule has 1 aromatic heterocycles. The molecule has 5 heteroatoms. The Kier molecular flexibility index (Phi) is 5.32. The van der Waals surface area contributed by atoms with Gasteiger partial charge in [0.15, 0.2) is 11.0 Å². The standard InChI is InChI=1S/C22H19N3OS/c26-20(18-12-6-2-7-13-18)21-23-24-22(25(21)19-14-8-3-9-15-19)27-16-17-10-4-1-5-11-17/h1-15,20,26H,16H2/t20-/m1/s1. The molecule has 0 aliphatic carbocycles. The molecule has 1 atom stereocenters. The zero-order chi connectivity index (χ0) is 18.5. The van der Waals surface area contributed by atoms with Crippen molar-refractivity contribution in [2.75, 3.05) is 0 Å². The average Bonchev–Trinajstić information content (AvgIpc) is 3.17. The normalized spacial score (nSPS) is 12.0. The first-order chi connectivity index (χ1) is 13.3. The third-order valence-corrected chi connectivity index (χ3v) is 5.24. The number of nitrogens with zero attached hydrogens (tertiary/aromatic N) is 3. The molecule has 0 amide bonds. The molecule has 1 N–H and O–H groups in total. The number of aliphatic hydroxyl groups excluding tert-OH is 1. The predicted octanol–water partition coefficient (Wildman–Crippen LogP) is 4.64. The third-order valence-electron chi connectivity index (χ3n) is 4.24. The van der Waals surface area contributed by atoms with Gasteiger partial charge in [-0.15, -0.1) is 10.2 Å². The molecule has 0 aliphatic rings. The van der Waals surface area contributed by atoms with Crippen LogP contribution in [0, 0.1) is 0 Å². The van der Waals surface area contributed by atoms with E-state index in [1.54, 1.807) is 11.8 Å². The van der Waals surface area contributed by atoms with Gasteiger partial charge in [0, 0.05) is 11.4 Å². The summed E-state index contributed by atoms with van der Waals surface area (Å²) in [6, 6.07) is 29.7. The van der Waals surface area contributed by atoms with Crippen molar-refractivity contribution >= 4 is 11.8 Å². The monoisotopic (exact) mass is 373 g/mol. The Morgan fingerprint density at radius 3 is 2.04 bits per heavy atom. The van der Waals surface area contributed by atoms with Gasteiger partial charge in [-0.2, -0.15) is 0 Å². The Hall–Kier alpha value is -2.89. The molecular formula is C22H19N3OS. The maximum Gasteiger partial charge on any atom is 0.196 e. The molecule has 3 aromatic carbocycles. The second kappa shape index (κ2) is 8.20. The van der Waals surface area contributed by atoms with E-state index in [2.05, 4.69) is 22.3 Å². The maximum atomic E-state index is 10.9. The fourth-order valence-electron chi connectivity index (χ4n) is 2.88. The minimum Gasteiger partial charge on any atom is -0.380 e. The van der Waals surface area contributed by atoms with Gasteiger partial charge in [-0.25, -0.2) is 0 Å². The molecule has 0 fully saturated rings. The van der Waals surface area contributed by atoms with Crippen molar-refractivity contribution in [1.29, 1.82) is 0 Å². The Bertz CT molecular complexity index is 988. The summed E-state index contributed by atoms with van der Waals surface area (Å²) >= 11 is 1.61. The second-order valence-corrected chi connectivity index (χ2v) is 7.04. The van der Waals surface area contributed by atoms with Crippen LogP contribution in [0.1, 0.15) is 23.1 Å². The molecule has 0 radical (unpaired) electrons. The molecule has 27 heavy (non-hydrogen) atoms. The summed E-state index contributed by atoms with van der Waals surface area (Å²) in [4.78, 5) is 0. The Labute approximate surface area is 162 Å². The number of aromatic nitrogens is 3. The van der Waals surface area contributed by atoms with E-state index in [0.717, 1.165) is 22.2 Å². The van der Waals surface area contributed by atoms with Crippen LogP contribution in [0.15, 0.2) is 96.2 Å². The first-order valence-corrected chi connectivity index (χ1v) is 9.72. The third kappa shape index (κ3) is 3.94. The van der Waals surface area contributed by atoms with Gasteiger partial charge in [-0.05, 0) is 23.3 Å². The van der Waals surface area contributed by atoms with E-state index in [9.17, 15) is 5.11 Å². The highest BCUT2D eigenvalue weighted by atomic mass is 32.2. The van der Waals surface area contributed by atoms with Gasteiger partial charge in [0.1, 0.15) is 6.10 Å². The largest absolute Gasteiger partial charge is 0.380 e. The van der Waals surface area contributed by atoms with Crippen LogP contribution < -0.4 is 0 Å². The van der Waals surface area contributed by atoms with Crippen molar-refractivity contribution in [3.05, 3.63) is 108 Å². The molecule has 0 saturated carbocycles. The minimum absolute atomic E-state index is 0.517. The summed E-state index contributed by atoms with van der Waals surface area (Å²) < 4.78 is 1.94. The van der Waals surface area contributed by atoms with Crippen molar-refractivity contribution in [2.45, 2.75) is 17.0 Å².